The van der Waals surface area contributed by atoms with Crippen LogP contribution in [0.2, 0.25) is 0 Å². The zero-order valence-corrected chi connectivity index (χ0v) is 12.3. The predicted molar refractivity (Wildman–Crippen MR) is 80.3 cm³/mol. The second-order valence-corrected chi connectivity index (χ2v) is 5.66. The van der Waals surface area contributed by atoms with Gasteiger partial charge in [0.25, 0.3) is 0 Å². The topological polar surface area (TPSA) is 26.0 Å². The van der Waals surface area contributed by atoms with E-state index in [1.807, 2.05) is 30.5 Å². The van der Waals surface area contributed by atoms with Crippen molar-refractivity contribution in [3.8, 4) is 0 Å². The molecule has 112 valence electrons. The van der Waals surface area contributed by atoms with Gasteiger partial charge >= 0.3 is 6.18 Å². The molecular formula is C16H16F3NS. The summed E-state index contributed by atoms with van der Waals surface area (Å²) in [6, 6.07) is 12.8. The van der Waals surface area contributed by atoms with Crippen LogP contribution in [0.1, 0.15) is 22.7 Å². The van der Waals surface area contributed by atoms with Crippen LogP contribution in [-0.2, 0) is 12.6 Å². The largest absolute Gasteiger partial charge is 0.416 e. The first-order valence-electron chi connectivity index (χ1n) is 6.46. The number of hydrogen-bond donors (Lipinski definition) is 1. The summed E-state index contributed by atoms with van der Waals surface area (Å²) < 4.78 is 37.5. The quantitative estimate of drug-likeness (QED) is 0.830. The normalized spacial score (nSPS) is 13.2. The van der Waals surface area contributed by atoms with Crippen molar-refractivity contribution in [2.75, 3.05) is 6.26 Å². The zero-order valence-electron chi connectivity index (χ0n) is 11.5. The molecule has 0 saturated carbocycles. The first kappa shape index (κ1) is 15.9. The molecule has 5 heteroatoms. The summed E-state index contributed by atoms with van der Waals surface area (Å²) >= 11 is 1.65. The molecule has 0 heterocycles. The van der Waals surface area contributed by atoms with Crippen LogP contribution in [0.5, 0.6) is 0 Å². The maximum Gasteiger partial charge on any atom is 0.416 e. The summed E-state index contributed by atoms with van der Waals surface area (Å²) in [6.45, 7) is 0. The molecule has 1 atom stereocenters. The van der Waals surface area contributed by atoms with E-state index in [0.29, 0.717) is 6.42 Å². The Kier molecular flexibility index (Phi) is 4.96. The standard InChI is InChI=1S/C16H16F3NS/c1-21-14-8-4-12(5-9-14)15(20)10-11-2-6-13(7-3-11)16(17,18)19/h2-9,15H,10,20H2,1H3. The molecule has 0 saturated heterocycles. The fraction of sp³-hybridized carbons (Fsp3) is 0.250. The maximum atomic E-state index is 12.5. The van der Waals surface area contributed by atoms with Crippen molar-refractivity contribution in [3.05, 3.63) is 65.2 Å². The molecule has 2 aromatic rings. The van der Waals surface area contributed by atoms with Crippen LogP contribution in [0.3, 0.4) is 0 Å². The van der Waals surface area contributed by atoms with E-state index in [1.165, 1.54) is 12.1 Å². The van der Waals surface area contributed by atoms with Gasteiger partial charge in [0.1, 0.15) is 0 Å². The van der Waals surface area contributed by atoms with E-state index in [1.54, 1.807) is 11.8 Å². The molecule has 0 aliphatic heterocycles. The summed E-state index contributed by atoms with van der Waals surface area (Å²) in [4.78, 5) is 1.15. The lowest BCUT2D eigenvalue weighted by molar-refractivity contribution is -0.137. The molecule has 1 nitrogen and oxygen atoms in total. The molecule has 0 spiro atoms. The highest BCUT2D eigenvalue weighted by Gasteiger charge is 2.29. The third-order valence-electron chi connectivity index (χ3n) is 3.28. The summed E-state index contributed by atoms with van der Waals surface area (Å²) in [5.41, 5.74) is 7.25. The minimum absolute atomic E-state index is 0.224. The van der Waals surface area contributed by atoms with E-state index < -0.39 is 11.7 Å². The average molecular weight is 311 g/mol. The average Bonchev–Trinajstić information content (AvgIpc) is 2.47. The van der Waals surface area contributed by atoms with E-state index in [2.05, 4.69) is 0 Å². The van der Waals surface area contributed by atoms with E-state index >= 15 is 0 Å². The smallest absolute Gasteiger partial charge is 0.324 e. The molecule has 2 N–H and O–H groups in total. The Bertz CT molecular complexity index is 576. The highest BCUT2D eigenvalue weighted by atomic mass is 32.2. The minimum atomic E-state index is -4.30. The second kappa shape index (κ2) is 6.54. The predicted octanol–water partition coefficient (Wildman–Crippen LogP) is 4.67. The first-order chi connectivity index (χ1) is 9.90. The molecule has 0 aliphatic carbocycles. The van der Waals surface area contributed by atoms with Gasteiger partial charge in [-0.05, 0) is 48.1 Å². The van der Waals surface area contributed by atoms with Crippen LogP contribution in [0.15, 0.2) is 53.4 Å². The Morgan fingerprint density at radius 2 is 1.57 bits per heavy atom. The summed E-state index contributed by atoms with van der Waals surface area (Å²) in [6.07, 6.45) is -1.79. The maximum absolute atomic E-state index is 12.5. The van der Waals surface area contributed by atoms with Crippen LogP contribution in [0.4, 0.5) is 13.2 Å². The first-order valence-corrected chi connectivity index (χ1v) is 7.68. The Labute approximate surface area is 126 Å². The number of halogens is 3. The number of nitrogens with two attached hydrogens (primary N) is 1. The zero-order chi connectivity index (χ0) is 15.5. The van der Waals surface area contributed by atoms with Gasteiger partial charge in [0.2, 0.25) is 0 Å². The van der Waals surface area contributed by atoms with Gasteiger partial charge in [0.15, 0.2) is 0 Å². The number of thioether (sulfide) groups is 1. The lowest BCUT2D eigenvalue weighted by atomic mass is 9.99. The van der Waals surface area contributed by atoms with Gasteiger partial charge in [0.05, 0.1) is 5.56 Å². The third-order valence-corrected chi connectivity index (χ3v) is 4.02. The van der Waals surface area contributed by atoms with E-state index in [0.717, 1.165) is 28.2 Å². The van der Waals surface area contributed by atoms with Gasteiger partial charge in [-0.3, -0.25) is 0 Å². The van der Waals surface area contributed by atoms with Crippen LogP contribution in [0.25, 0.3) is 0 Å². The molecule has 0 amide bonds. The number of hydrogen-bond acceptors (Lipinski definition) is 2. The summed E-state index contributed by atoms with van der Waals surface area (Å²) in [5, 5.41) is 0. The van der Waals surface area contributed by atoms with Crippen molar-refractivity contribution >= 4 is 11.8 Å². The lowest BCUT2D eigenvalue weighted by Crippen LogP contribution is -2.13. The highest BCUT2D eigenvalue weighted by molar-refractivity contribution is 7.98. The van der Waals surface area contributed by atoms with Crippen molar-refractivity contribution in [2.45, 2.75) is 23.5 Å². The fourth-order valence-corrected chi connectivity index (χ4v) is 2.46. The molecule has 0 bridgehead atoms. The Balaban J connectivity index is 2.06. The van der Waals surface area contributed by atoms with E-state index in [9.17, 15) is 13.2 Å². The molecule has 1 unspecified atom stereocenters. The third kappa shape index (κ3) is 4.25. The van der Waals surface area contributed by atoms with Gasteiger partial charge in [-0.1, -0.05) is 24.3 Å². The van der Waals surface area contributed by atoms with Crippen molar-refractivity contribution in [1.29, 1.82) is 0 Å². The van der Waals surface area contributed by atoms with E-state index in [4.69, 9.17) is 5.73 Å². The minimum Gasteiger partial charge on any atom is -0.324 e. The lowest BCUT2D eigenvalue weighted by Gasteiger charge is -2.13. The SMILES string of the molecule is CSc1ccc(C(N)Cc2ccc(C(F)(F)F)cc2)cc1. The molecule has 2 rings (SSSR count). The van der Waals surface area contributed by atoms with Gasteiger partial charge in [-0.15, -0.1) is 11.8 Å². The van der Waals surface area contributed by atoms with Crippen molar-refractivity contribution in [3.63, 3.8) is 0 Å². The number of benzene rings is 2. The number of alkyl halides is 3. The molecular weight excluding hydrogens is 295 g/mol. The van der Waals surface area contributed by atoms with Crippen molar-refractivity contribution in [1.82, 2.24) is 0 Å². The van der Waals surface area contributed by atoms with Gasteiger partial charge in [-0.2, -0.15) is 13.2 Å². The van der Waals surface area contributed by atoms with Gasteiger partial charge in [-0.25, -0.2) is 0 Å². The number of rotatable bonds is 4. The summed E-state index contributed by atoms with van der Waals surface area (Å²) in [7, 11) is 0. The molecule has 0 aromatic heterocycles. The van der Waals surface area contributed by atoms with Gasteiger partial charge in [0, 0.05) is 10.9 Å². The van der Waals surface area contributed by atoms with E-state index in [-0.39, 0.29) is 6.04 Å². The van der Waals surface area contributed by atoms with Crippen LogP contribution < -0.4 is 5.73 Å². The van der Waals surface area contributed by atoms with Gasteiger partial charge < -0.3 is 5.73 Å². The fourth-order valence-electron chi connectivity index (χ4n) is 2.05. The summed E-state index contributed by atoms with van der Waals surface area (Å²) in [5.74, 6) is 0. The molecule has 0 aliphatic rings. The van der Waals surface area contributed by atoms with Crippen molar-refractivity contribution in [2.24, 2.45) is 5.73 Å². The molecule has 21 heavy (non-hydrogen) atoms. The van der Waals surface area contributed by atoms with Crippen LogP contribution >= 0.6 is 11.8 Å². The van der Waals surface area contributed by atoms with Crippen molar-refractivity contribution < 1.29 is 13.2 Å². The monoisotopic (exact) mass is 311 g/mol. The Hall–Kier alpha value is -1.46. The molecule has 0 radical (unpaired) electrons. The van der Waals surface area contributed by atoms with Crippen LogP contribution in [0, 0.1) is 0 Å². The Morgan fingerprint density at radius 1 is 1.00 bits per heavy atom. The Morgan fingerprint density at radius 3 is 2.05 bits per heavy atom. The second-order valence-electron chi connectivity index (χ2n) is 4.78. The van der Waals surface area contributed by atoms with Crippen LogP contribution in [-0.4, -0.2) is 6.26 Å². The molecule has 2 aromatic carbocycles. The highest BCUT2D eigenvalue weighted by Crippen LogP contribution is 2.29. The molecule has 0 fully saturated rings.